The highest BCUT2D eigenvalue weighted by molar-refractivity contribution is 6.01. The molecule has 1 aliphatic carbocycles. The Morgan fingerprint density at radius 1 is 1.37 bits per heavy atom. The first-order chi connectivity index (χ1) is 9.22. The van der Waals surface area contributed by atoms with Crippen LogP contribution in [-0.4, -0.2) is 38.6 Å². The molecule has 0 atom stereocenters. The number of ether oxygens (including phenoxy) is 2. The lowest BCUT2D eigenvalue weighted by atomic mass is 10.1. The zero-order chi connectivity index (χ0) is 13.7. The number of fused-ring (bicyclic) bond motifs is 1. The largest absolute Gasteiger partial charge is 0.483 e. The van der Waals surface area contributed by atoms with Gasteiger partial charge in [0.05, 0.1) is 6.61 Å². The van der Waals surface area contributed by atoms with Gasteiger partial charge >= 0.3 is 0 Å². The van der Waals surface area contributed by atoms with Crippen molar-refractivity contribution >= 4 is 11.7 Å². The molecule has 5 nitrogen and oxygen atoms in total. The molecule has 0 saturated carbocycles. The maximum Gasteiger partial charge on any atom is 0.258 e. The van der Waals surface area contributed by atoms with Crippen LogP contribution >= 0.6 is 0 Å². The lowest BCUT2D eigenvalue weighted by Crippen LogP contribution is -2.31. The molecule has 1 amide bonds. The molecule has 102 valence electrons. The third-order valence-electron chi connectivity index (χ3n) is 3.02. The summed E-state index contributed by atoms with van der Waals surface area (Å²) in [6.07, 6.45) is 1.21. The van der Waals surface area contributed by atoms with Gasteiger partial charge in [0.15, 0.2) is 12.4 Å². The van der Waals surface area contributed by atoms with E-state index in [-0.39, 0.29) is 18.3 Å². The topological polar surface area (TPSA) is 64.6 Å². The summed E-state index contributed by atoms with van der Waals surface area (Å²) in [4.78, 5) is 23.1. The summed E-state index contributed by atoms with van der Waals surface area (Å²) in [7, 11) is 1.58. The Hall–Kier alpha value is -1.88. The number of amides is 1. The summed E-state index contributed by atoms with van der Waals surface area (Å²) in [5, 5.41) is 2.67. The third kappa shape index (κ3) is 3.32. The summed E-state index contributed by atoms with van der Waals surface area (Å²) in [6, 6.07) is 5.37. The molecule has 0 unspecified atom stereocenters. The Kier molecular flexibility index (Phi) is 4.52. The van der Waals surface area contributed by atoms with E-state index >= 15 is 0 Å². The number of Topliss-reactive ketones (excluding diaryl/α,β-unsaturated/α-hetero) is 1. The molecule has 1 aliphatic rings. The second kappa shape index (κ2) is 6.33. The van der Waals surface area contributed by atoms with Crippen LogP contribution in [0.15, 0.2) is 18.2 Å². The van der Waals surface area contributed by atoms with Gasteiger partial charge in [-0.1, -0.05) is 12.1 Å². The van der Waals surface area contributed by atoms with Crippen molar-refractivity contribution in [3.05, 3.63) is 29.3 Å². The number of hydrogen-bond donors (Lipinski definition) is 1. The Morgan fingerprint density at radius 2 is 2.21 bits per heavy atom. The molecule has 0 heterocycles. The van der Waals surface area contributed by atoms with Gasteiger partial charge < -0.3 is 14.8 Å². The smallest absolute Gasteiger partial charge is 0.258 e. The van der Waals surface area contributed by atoms with Crippen LogP contribution < -0.4 is 10.1 Å². The molecule has 0 aromatic heterocycles. The number of methoxy groups -OCH3 is 1. The molecule has 0 fully saturated rings. The summed E-state index contributed by atoms with van der Waals surface area (Å²) in [6.45, 7) is 0.888. The van der Waals surface area contributed by atoms with Crippen LogP contribution in [0, 0.1) is 0 Å². The summed E-state index contributed by atoms with van der Waals surface area (Å²) < 4.78 is 10.3. The zero-order valence-electron chi connectivity index (χ0n) is 10.9. The van der Waals surface area contributed by atoms with Crippen molar-refractivity contribution in [3.63, 3.8) is 0 Å². The fraction of sp³-hybridized carbons (Fsp3) is 0.429. The van der Waals surface area contributed by atoms with Gasteiger partial charge in [0, 0.05) is 31.2 Å². The van der Waals surface area contributed by atoms with Crippen molar-refractivity contribution in [2.75, 3.05) is 26.9 Å². The highest BCUT2D eigenvalue weighted by Crippen LogP contribution is 2.30. The molecule has 1 aromatic carbocycles. The lowest BCUT2D eigenvalue weighted by molar-refractivity contribution is -0.123. The normalized spacial score (nSPS) is 13.2. The molecule has 0 bridgehead atoms. The van der Waals surface area contributed by atoms with E-state index in [1.165, 1.54) is 0 Å². The van der Waals surface area contributed by atoms with E-state index in [2.05, 4.69) is 5.32 Å². The van der Waals surface area contributed by atoms with Gasteiger partial charge in [-0.2, -0.15) is 0 Å². The van der Waals surface area contributed by atoms with Crippen molar-refractivity contribution in [1.82, 2.24) is 5.32 Å². The first-order valence-electron chi connectivity index (χ1n) is 6.26. The van der Waals surface area contributed by atoms with Crippen molar-refractivity contribution < 1.29 is 19.1 Å². The maximum absolute atomic E-state index is 11.6. The Labute approximate surface area is 111 Å². The number of rotatable bonds is 6. The first kappa shape index (κ1) is 13.5. The number of nitrogens with one attached hydrogen (secondary N) is 1. The van der Waals surface area contributed by atoms with E-state index in [1.54, 1.807) is 25.3 Å². The van der Waals surface area contributed by atoms with E-state index in [1.807, 2.05) is 0 Å². The number of carbonyl (C=O) groups excluding carboxylic acids is 2. The predicted octanol–water partition coefficient (Wildman–Crippen LogP) is 0.957. The van der Waals surface area contributed by atoms with Gasteiger partial charge in [0.1, 0.15) is 5.75 Å². The maximum atomic E-state index is 11.6. The fourth-order valence-corrected chi connectivity index (χ4v) is 2.08. The van der Waals surface area contributed by atoms with E-state index in [0.29, 0.717) is 31.7 Å². The highest BCUT2D eigenvalue weighted by atomic mass is 16.5. The summed E-state index contributed by atoms with van der Waals surface area (Å²) >= 11 is 0. The zero-order valence-corrected chi connectivity index (χ0v) is 10.9. The van der Waals surface area contributed by atoms with Crippen molar-refractivity contribution in [2.24, 2.45) is 0 Å². The average Bonchev–Trinajstić information content (AvgIpc) is 2.79. The van der Waals surface area contributed by atoms with E-state index < -0.39 is 0 Å². The number of ketones is 1. The second-order valence-electron chi connectivity index (χ2n) is 4.34. The standard InChI is InChI=1S/C14H17NO4/c1-18-8-7-15-14(17)9-19-13-4-2-3-10-11(13)5-6-12(10)16/h2-4H,5-9H2,1H3,(H,15,17). The Morgan fingerprint density at radius 3 is 3.00 bits per heavy atom. The molecular weight excluding hydrogens is 246 g/mol. The predicted molar refractivity (Wildman–Crippen MR) is 69.5 cm³/mol. The highest BCUT2D eigenvalue weighted by Gasteiger charge is 2.22. The SMILES string of the molecule is COCCNC(=O)COc1cccc2c1CCC2=O. The van der Waals surface area contributed by atoms with Crippen molar-refractivity contribution in [1.29, 1.82) is 0 Å². The molecule has 2 rings (SSSR count). The van der Waals surface area contributed by atoms with Gasteiger partial charge in [0.25, 0.3) is 5.91 Å². The van der Waals surface area contributed by atoms with E-state index in [4.69, 9.17) is 9.47 Å². The molecule has 5 heteroatoms. The van der Waals surface area contributed by atoms with Gasteiger partial charge in [-0.3, -0.25) is 9.59 Å². The van der Waals surface area contributed by atoms with Crippen LogP contribution in [0.3, 0.4) is 0 Å². The van der Waals surface area contributed by atoms with Crippen LogP contribution in [0.25, 0.3) is 0 Å². The fourth-order valence-electron chi connectivity index (χ4n) is 2.08. The Balaban J connectivity index is 1.90. The average molecular weight is 263 g/mol. The monoisotopic (exact) mass is 263 g/mol. The molecule has 0 aliphatic heterocycles. The minimum Gasteiger partial charge on any atom is -0.483 e. The minimum absolute atomic E-state index is 0.0473. The molecule has 19 heavy (non-hydrogen) atoms. The van der Waals surface area contributed by atoms with Crippen molar-refractivity contribution in [3.8, 4) is 5.75 Å². The molecular formula is C14H17NO4. The number of hydrogen-bond acceptors (Lipinski definition) is 4. The number of benzene rings is 1. The van der Waals surface area contributed by atoms with E-state index in [9.17, 15) is 9.59 Å². The van der Waals surface area contributed by atoms with Gasteiger partial charge in [-0.05, 0) is 12.5 Å². The molecule has 0 spiro atoms. The lowest BCUT2D eigenvalue weighted by Gasteiger charge is -2.10. The molecule has 1 aromatic rings. The first-order valence-corrected chi connectivity index (χ1v) is 6.26. The molecule has 0 radical (unpaired) electrons. The second-order valence-corrected chi connectivity index (χ2v) is 4.34. The van der Waals surface area contributed by atoms with Crippen LogP contribution in [0.5, 0.6) is 5.75 Å². The van der Waals surface area contributed by atoms with Crippen LogP contribution in [-0.2, 0) is 16.0 Å². The molecule has 1 N–H and O–H groups in total. The van der Waals surface area contributed by atoms with Crippen LogP contribution in [0.2, 0.25) is 0 Å². The number of carbonyl (C=O) groups is 2. The quantitative estimate of drug-likeness (QED) is 0.776. The van der Waals surface area contributed by atoms with Crippen LogP contribution in [0.4, 0.5) is 0 Å². The minimum atomic E-state index is -0.195. The van der Waals surface area contributed by atoms with E-state index in [0.717, 1.165) is 11.1 Å². The van der Waals surface area contributed by atoms with Gasteiger partial charge in [-0.15, -0.1) is 0 Å². The summed E-state index contributed by atoms with van der Waals surface area (Å²) in [5.41, 5.74) is 1.63. The van der Waals surface area contributed by atoms with Crippen LogP contribution in [0.1, 0.15) is 22.3 Å². The summed E-state index contributed by atoms with van der Waals surface area (Å²) in [5.74, 6) is 0.578. The van der Waals surface area contributed by atoms with Gasteiger partial charge in [-0.25, -0.2) is 0 Å². The van der Waals surface area contributed by atoms with Gasteiger partial charge in [0.2, 0.25) is 0 Å². The Bertz CT molecular complexity index is 484. The van der Waals surface area contributed by atoms with Crippen molar-refractivity contribution in [2.45, 2.75) is 12.8 Å². The third-order valence-corrected chi connectivity index (χ3v) is 3.02. The molecule has 0 saturated heterocycles.